The predicted molar refractivity (Wildman–Crippen MR) is 60.6 cm³/mol. The molecule has 1 amide bonds. The Labute approximate surface area is 101 Å². The van der Waals surface area contributed by atoms with E-state index >= 15 is 0 Å². The van der Waals surface area contributed by atoms with E-state index in [1.807, 2.05) is 0 Å². The predicted octanol–water partition coefficient (Wildman–Crippen LogP) is -0.833. The van der Waals surface area contributed by atoms with Crippen molar-refractivity contribution >= 4 is 23.2 Å². The zero-order valence-corrected chi connectivity index (χ0v) is 9.74. The maximum absolute atomic E-state index is 11.6. The third-order valence-corrected chi connectivity index (χ3v) is 2.85. The summed E-state index contributed by atoms with van der Waals surface area (Å²) in [7, 11) is 0. The Balaban J connectivity index is 2.66. The van der Waals surface area contributed by atoms with Crippen molar-refractivity contribution in [3.05, 3.63) is 16.1 Å². The number of nitrogens with two attached hydrogens (primary N) is 1. The van der Waals surface area contributed by atoms with Gasteiger partial charge in [-0.25, -0.2) is 9.78 Å². The molecule has 1 aromatic rings. The van der Waals surface area contributed by atoms with Gasteiger partial charge in [0.05, 0.1) is 0 Å². The molecule has 0 aliphatic rings. The number of rotatable bonds is 6. The Bertz CT molecular complexity index is 407. The molecule has 17 heavy (non-hydrogen) atoms. The highest BCUT2D eigenvalue weighted by Gasteiger charge is 2.21. The summed E-state index contributed by atoms with van der Waals surface area (Å²) in [5, 5.41) is 21.8. The molecule has 0 aliphatic carbocycles. The highest BCUT2D eigenvalue weighted by atomic mass is 32.1. The molecule has 0 unspecified atom stereocenters. The summed E-state index contributed by atoms with van der Waals surface area (Å²) in [6.45, 7) is -0.0840. The minimum absolute atomic E-state index is 0.0467. The molecule has 5 N–H and O–H groups in total. The number of nitrogens with zero attached hydrogens (tertiary/aromatic N) is 1. The van der Waals surface area contributed by atoms with Gasteiger partial charge < -0.3 is 21.3 Å². The van der Waals surface area contributed by atoms with Crippen molar-refractivity contribution in [2.24, 2.45) is 5.73 Å². The van der Waals surface area contributed by atoms with E-state index in [0.29, 0.717) is 5.01 Å². The monoisotopic (exact) mass is 259 g/mol. The van der Waals surface area contributed by atoms with Crippen molar-refractivity contribution in [3.8, 4) is 0 Å². The third-order valence-electron chi connectivity index (χ3n) is 1.98. The topological polar surface area (TPSA) is 126 Å². The van der Waals surface area contributed by atoms with E-state index in [4.69, 9.17) is 15.9 Å². The number of carboxylic acid groups (broad SMARTS) is 1. The second kappa shape index (κ2) is 6.28. The van der Waals surface area contributed by atoms with E-state index in [2.05, 4.69) is 10.3 Å². The van der Waals surface area contributed by atoms with E-state index in [1.54, 1.807) is 0 Å². The highest BCUT2D eigenvalue weighted by molar-refractivity contribution is 7.09. The molecule has 0 bridgehead atoms. The van der Waals surface area contributed by atoms with Gasteiger partial charge in [-0.2, -0.15) is 0 Å². The molecule has 94 valence electrons. The van der Waals surface area contributed by atoms with E-state index in [1.165, 1.54) is 16.7 Å². The molecule has 1 aromatic heterocycles. The second-order valence-corrected chi connectivity index (χ2v) is 4.15. The van der Waals surface area contributed by atoms with Gasteiger partial charge in [-0.3, -0.25) is 4.79 Å². The summed E-state index contributed by atoms with van der Waals surface area (Å²) < 4.78 is 0. The largest absolute Gasteiger partial charge is 0.480 e. The molecular weight excluding hydrogens is 246 g/mol. The van der Waals surface area contributed by atoms with Gasteiger partial charge in [0.2, 0.25) is 0 Å². The Morgan fingerprint density at radius 3 is 2.76 bits per heavy atom. The number of thiazole rings is 1. The van der Waals surface area contributed by atoms with Crippen LogP contribution in [0.15, 0.2) is 5.38 Å². The SMILES string of the molecule is NCc1nc(C(=O)N[C@H](CCO)C(=O)O)cs1. The Morgan fingerprint density at radius 2 is 2.29 bits per heavy atom. The Kier molecular flexibility index (Phi) is 5.01. The van der Waals surface area contributed by atoms with Crippen molar-refractivity contribution < 1.29 is 19.8 Å². The Morgan fingerprint density at radius 1 is 1.59 bits per heavy atom. The maximum atomic E-state index is 11.6. The summed E-state index contributed by atoms with van der Waals surface area (Å²) in [5.74, 6) is -1.77. The van der Waals surface area contributed by atoms with Crippen LogP contribution in [0.4, 0.5) is 0 Å². The molecule has 7 nitrogen and oxygen atoms in total. The first kappa shape index (κ1) is 13.6. The number of carboxylic acids is 1. The molecule has 0 aromatic carbocycles. The van der Waals surface area contributed by atoms with Crippen molar-refractivity contribution in [1.29, 1.82) is 0 Å². The van der Waals surface area contributed by atoms with Crippen LogP contribution in [0.3, 0.4) is 0 Å². The van der Waals surface area contributed by atoms with Crippen molar-refractivity contribution in [2.45, 2.75) is 19.0 Å². The van der Waals surface area contributed by atoms with Crippen LogP contribution in [-0.4, -0.2) is 39.7 Å². The lowest BCUT2D eigenvalue weighted by molar-refractivity contribution is -0.139. The molecule has 0 aliphatic heterocycles. The van der Waals surface area contributed by atoms with Gasteiger partial charge in [-0.05, 0) is 0 Å². The maximum Gasteiger partial charge on any atom is 0.326 e. The van der Waals surface area contributed by atoms with E-state index < -0.39 is 17.9 Å². The van der Waals surface area contributed by atoms with E-state index in [9.17, 15) is 9.59 Å². The number of carbonyl (C=O) groups is 2. The first-order chi connectivity index (χ1) is 8.08. The number of hydrogen-bond donors (Lipinski definition) is 4. The molecule has 1 heterocycles. The second-order valence-electron chi connectivity index (χ2n) is 3.21. The van der Waals surface area contributed by atoms with Crippen LogP contribution in [0, 0.1) is 0 Å². The first-order valence-electron chi connectivity index (χ1n) is 4.87. The van der Waals surface area contributed by atoms with Crippen LogP contribution >= 0.6 is 11.3 Å². The summed E-state index contributed by atoms with van der Waals surface area (Å²) in [4.78, 5) is 26.3. The van der Waals surface area contributed by atoms with Gasteiger partial charge in [-0.15, -0.1) is 11.3 Å². The van der Waals surface area contributed by atoms with Crippen LogP contribution in [-0.2, 0) is 11.3 Å². The fraction of sp³-hybridized carbons (Fsp3) is 0.444. The average molecular weight is 259 g/mol. The lowest BCUT2D eigenvalue weighted by Gasteiger charge is -2.11. The lowest BCUT2D eigenvalue weighted by atomic mass is 10.2. The zero-order chi connectivity index (χ0) is 12.8. The number of aliphatic hydroxyl groups is 1. The summed E-state index contributed by atoms with van der Waals surface area (Å²) >= 11 is 1.23. The van der Waals surface area contributed by atoms with Gasteiger partial charge in [0, 0.05) is 25.0 Å². The average Bonchev–Trinajstić information content (AvgIpc) is 2.76. The third kappa shape index (κ3) is 3.77. The van der Waals surface area contributed by atoms with E-state index in [0.717, 1.165) is 0 Å². The number of amides is 1. The molecule has 0 saturated carbocycles. The number of aromatic nitrogens is 1. The standard InChI is InChI=1S/C9H13N3O4S/c10-3-7-11-6(4-17-7)8(14)12-5(1-2-13)9(15)16/h4-5,13H,1-3,10H2,(H,12,14)(H,15,16)/t5-/m1/s1. The fourth-order valence-corrected chi connectivity index (χ4v) is 1.78. The number of hydrogen-bond acceptors (Lipinski definition) is 6. The van der Waals surface area contributed by atoms with Crippen molar-refractivity contribution in [1.82, 2.24) is 10.3 Å². The summed E-state index contributed by atoms with van der Waals surface area (Å²) in [5.41, 5.74) is 5.49. The Hall–Kier alpha value is -1.51. The molecule has 0 fully saturated rings. The number of nitrogens with one attached hydrogen (secondary N) is 1. The zero-order valence-electron chi connectivity index (χ0n) is 8.92. The van der Waals surface area contributed by atoms with Crippen LogP contribution in [0.25, 0.3) is 0 Å². The summed E-state index contributed by atoms with van der Waals surface area (Å²) in [6.07, 6.45) is -0.0467. The van der Waals surface area contributed by atoms with Crippen LogP contribution < -0.4 is 11.1 Å². The smallest absolute Gasteiger partial charge is 0.326 e. The molecule has 0 radical (unpaired) electrons. The number of aliphatic carboxylic acids is 1. The lowest BCUT2D eigenvalue weighted by Crippen LogP contribution is -2.41. The van der Waals surface area contributed by atoms with Crippen LogP contribution in [0.5, 0.6) is 0 Å². The first-order valence-corrected chi connectivity index (χ1v) is 5.75. The van der Waals surface area contributed by atoms with Gasteiger partial charge in [0.15, 0.2) is 0 Å². The molecule has 1 rings (SSSR count). The van der Waals surface area contributed by atoms with E-state index in [-0.39, 0.29) is 25.3 Å². The van der Waals surface area contributed by atoms with Crippen molar-refractivity contribution in [3.63, 3.8) is 0 Å². The summed E-state index contributed by atoms with van der Waals surface area (Å²) in [6, 6.07) is -1.12. The minimum atomic E-state index is -1.19. The normalized spacial score (nSPS) is 12.1. The molecule has 8 heteroatoms. The van der Waals surface area contributed by atoms with Crippen LogP contribution in [0.2, 0.25) is 0 Å². The van der Waals surface area contributed by atoms with Gasteiger partial charge in [0.1, 0.15) is 16.7 Å². The quantitative estimate of drug-likeness (QED) is 0.528. The highest BCUT2D eigenvalue weighted by Crippen LogP contribution is 2.09. The molecule has 1 atom stereocenters. The molecule has 0 saturated heterocycles. The van der Waals surface area contributed by atoms with Gasteiger partial charge in [-0.1, -0.05) is 0 Å². The number of aliphatic hydroxyl groups excluding tert-OH is 1. The molecular formula is C9H13N3O4S. The van der Waals surface area contributed by atoms with Gasteiger partial charge >= 0.3 is 5.97 Å². The fourth-order valence-electron chi connectivity index (χ4n) is 1.13. The van der Waals surface area contributed by atoms with Crippen LogP contribution in [0.1, 0.15) is 21.9 Å². The van der Waals surface area contributed by atoms with Crippen molar-refractivity contribution in [2.75, 3.05) is 6.61 Å². The number of carbonyl (C=O) groups excluding carboxylic acids is 1. The minimum Gasteiger partial charge on any atom is -0.480 e. The van der Waals surface area contributed by atoms with Gasteiger partial charge in [0.25, 0.3) is 5.91 Å². The molecule has 0 spiro atoms.